The molecule has 0 amide bonds. The number of hydrogen-bond donors (Lipinski definition) is 0. The Labute approximate surface area is 112 Å². The van der Waals surface area contributed by atoms with E-state index in [2.05, 4.69) is 34.8 Å². The van der Waals surface area contributed by atoms with E-state index in [1.54, 1.807) is 0 Å². The second-order valence-electron chi connectivity index (χ2n) is 4.90. The molecule has 3 nitrogen and oxygen atoms in total. The molecule has 3 rings (SSSR count). The molecule has 1 aliphatic rings. The lowest BCUT2D eigenvalue weighted by atomic mass is 10.2. The molecule has 1 unspecified atom stereocenters. The fourth-order valence-electron chi connectivity index (χ4n) is 2.56. The Kier molecular flexibility index (Phi) is 3.29. The standard InChI is InChI=1S/C14H17ClN2O/c1-16-7-8-18-12(9-16)10-17-6-5-11-3-2-4-13(15)14(11)17/h2-6,12H,7-10H2,1H3. The second kappa shape index (κ2) is 4.92. The van der Waals surface area contributed by atoms with Gasteiger partial charge < -0.3 is 14.2 Å². The summed E-state index contributed by atoms with van der Waals surface area (Å²) in [5.41, 5.74) is 1.11. The summed E-state index contributed by atoms with van der Waals surface area (Å²) in [7, 11) is 2.14. The molecular weight excluding hydrogens is 248 g/mol. The summed E-state index contributed by atoms with van der Waals surface area (Å²) in [5, 5.41) is 1.99. The second-order valence-corrected chi connectivity index (χ2v) is 5.31. The van der Waals surface area contributed by atoms with Gasteiger partial charge in [-0.25, -0.2) is 0 Å². The van der Waals surface area contributed by atoms with Gasteiger partial charge in [0, 0.05) is 24.7 Å². The van der Waals surface area contributed by atoms with Crippen molar-refractivity contribution in [1.82, 2.24) is 9.47 Å². The molecule has 2 heterocycles. The maximum Gasteiger partial charge on any atom is 0.0881 e. The molecule has 96 valence electrons. The van der Waals surface area contributed by atoms with Crippen LogP contribution >= 0.6 is 11.6 Å². The molecule has 0 aliphatic carbocycles. The summed E-state index contributed by atoms with van der Waals surface area (Å²) in [6, 6.07) is 8.12. The van der Waals surface area contributed by atoms with Crippen LogP contribution in [0, 0.1) is 0 Å². The van der Waals surface area contributed by atoms with E-state index < -0.39 is 0 Å². The molecule has 18 heavy (non-hydrogen) atoms. The predicted octanol–water partition coefficient (Wildman–Crippen LogP) is 2.63. The Morgan fingerprint density at radius 1 is 1.39 bits per heavy atom. The smallest absolute Gasteiger partial charge is 0.0881 e. The van der Waals surface area contributed by atoms with Gasteiger partial charge in [-0.2, -0.15) is 0 Å². The number of fused-ring (bicyclic) bond motifs is 1. The number of likely N-dealkylation sites (N-methyl/N-ethyl adjacent to an activating group) is 1. The third kappa shape index (κ3) is 2.26. The number of aromatic nitrogens is 1. The van der Waals surface area contributed by atoms with Gasteiger partial charge in [-0.15, -0.1) is 0 Å². The van der Waals surface area contributed by atoms with Gasteiger partial charge in [-0.3, -0.25) is 0 Å². The van der Waals surface area contributed by atoms with E-state index in [9.17, 15) is 0 Å². The lowest BCUT2D eigenvalue weighted by molar-refractivity contribution is -0.0268. The van der Waals surface area contributed by atoms with E-state index in [1.165, 1.54) is 5.39 Å². The summed E-state index contributed by atoms with van der Waals surface area (Å²) in [4.78, 5) is 2.31. The van der Waals surface area contributed by atoms with Crippen LogP contribution in [-0.2, 0) is 11.3 Å². The molecule has 1 aliphatic heterocycles. The molecule has 0 bridgehead atoms. The molecule has 2 aromatic rings. The zero-order valence-electron chi connectivity index (χ0n) is 10.5. The van der Waals surface area contributed by atoms with Crippen molar-refractivity contribution < 1.29 is 4.74 Å². The molecule has 1 aromatic carbocycles. The van der Waals surface area contributed by atoms with Crippen LogP contribution in [0.5, 0.6) is 0 Å². The maximum absolute atomic E-state index is 6.28. The SMILES string of the molecule is CN1CCOC(Cn2ccc3cccc(Cl)c32)C1. The summed E-state index contributed by atoms with van der Waals surface area (Å²) in [6.07, 6.45) is 2.34. The van der Waals surface area contributed by atoms with E-state index in [1.807, 2.05) is 12.1 Å². The molecule has 1 atom stereocenters. The fourth-order valence-corrected chi connectivity index (χ4v) is 2.85. The van der Waals surface area contributed by atoms with E-state index in [0.717, 1.165) is 36.8 Å². The van der Waals surface area contributed by atoms with Crippen molar-refractivity contribution in [2.45, 2.75) is 12.6 Å². The molecule has 1 saturated heterocycles. The maximum atomic E-state index is 6.28. The topological polar surface area (TPSA) is 17.4 Å². The van der Waals surface area contributed by atoms with E-state index in [-0.39, 0.29) is 6.10 Å². The minimum atomic E-state index is 0.246. The van der Waals surface area contributed by atoms with Crippen molar-refractivity contribution in [2.24, 2.45) is 0 Å². The number of benzene rings is 1. The quantitative estimate of drug-likeness (QED) is 0.830. The molecule has 0 saturated carbocycles. The van der Waals surface area contributed by atoms with Gasteiger partial charge in [0.25, 0.3) is 0 Å². The zero-order valence-corrected chi connectivity index (χ0v) is 11.2. The molecule has 4 heteroatoms. The van der Waals surface area contributed by atoms with Crippen LogP contribution in [-0.4, -0.2) is 42.3 Å². The van der Waals surface area contributed by atoms with Crippen LogP contribution in [0.15, 0.2) is 30.5 Å². The highest BCUT2D eigenvalue weighted by Crippen LogP contribution is 2.25. The van der Waals surface area contributed by atoms with Crippen LogP contribution in [0.4, 0.5) is 0 Å². The van der Waals surface area contributed by atoms with E-state index >= 15 is 0 Å². The average Bonchev–Trinajstić information content (AvgIpc) is 2.74. The summed E-state index contributed by atoms with van der Waals surface area (Å²) in [6.45, 7) is 3.67. The van der Waals surface area contributed by atoms with E-state index in [0.29, 0.717) is 0 Å². The third-order valence-electron chi connectivity index (χ3n) is 3.48. The summed E-state index contributed by atoms with van der Waals surface area (Å²) in [5.74, 6) is 0. The van der Waals surface area contributed by atoms with Crippen LogP contribution in [0.2, 0.25) is 5.02 Å². The van der Waals surface area contributed by atoms with Crippen LogP contribution in [0.1, 0.15) is 0 Å². The van der Waals surface area contributed by atoms with Crippen LogP contribution < -0.4 is 0 Å². The van der Waals surface area contributed by atoms with E-state index in [4.69, 9.17) is 16.3 Å². The molecule has 1 fully saturated rings. The van der Waals surface area contributed by atoms with Crippen molar-refractivity contribution in [1.29, 1.82) is 0 Å². The van der Waals surface area contributed by atoms with Crippen molar-refractivity contribution in [2.75, 3.05) is 26.7 Å². The number of hydrogen-bond acceptors (Lipinski definition) is 2. The largest absolute Gasteiger partial charge is 0.374 e. The Balaban J connectivity index is 1.86. The van der Waals surface area contributed by atoms with Crippen molar-refractivity contribution in [3.05, 3.63) is 35.5 Å². The summed E-state index contributed by atoms with van der Waals surface area (Å²) < 4.78 is 8.00. The highest BCUT2D eigenvalue weighted by Gasteiger charge is 2.19. The fraction of sp³-hybridized carbons (Fsp3) is 0.429. The first-order valence-electron chi connectivity index (χ1n) is 6.27. The highest BCUT2D eigenvalue weighted by atomic mass is 35.5. The number of halogens is 1. The average molecular weight is 265 g/mol. The van der Waals surface area contributed by atoms with Gasteiger partial charge in [0.1, 0.15) is 0 Å². The number of para-hydroxylation sites is 1. The zero-order chi connectivity index (χ0) is 12.5. The lowest BCUT2D eigenvalue weighted by Gasteiger charge is -2.30. The van der Waals surface area contributed by atoms with Crippen LogP contribution in [0.3, 0.4) is 0 Å². The molecule has 1 aromatic heterocycles. The van der Waals surface area contributed by atoms with Crippen molar-refractivity contribution in [3.63, 3.8) is 0 Å². The van der Waals surface area contributed by atoms with Gasteiger partial charge in [0.05, 0.1) is 29.8 Å². The number of ether oxygens (including phenoxy) is 1. The monoisotopic (exact) mass is 264 g/mol. The number of rotatable bonds is 2. The van der Waals surface area contributed by atoms with Crippen molar-refractivity contribution in [3.8, 4) is 0 Å². The van der Waals surface area contributed by atoms with Gasteiger partial charge in [0.15, 0.2) is 0 Å². The molecular formula is C14H17ClN2O. The van der Waals surface area contributed by atoms with Gasteiger partial charge in [0.2, 0.25) is 0 Å². The first-order valence-corrected chi connectivity index (χ1v) is 6.65. The first-order chi connectivity index (χ1) is 8.74. The molecule has 0 N–H and O–H groups in total. The Morgan fingerprint density at radius 3 is 3.11 bits per heavy atom. The first kappa shape index (κ1) is 12.0. The minimum absolute atomic E-state index is 0.246. The van der Waals surface area contributed by atoms with Gasteiger partial charge in [-0.1, -0.05) is 23.7 Å². The van der Waals surface area contributed by atoms with Crippen molar-refractivity contribution >= 4 is 22.5 Å². The summed E-state index contributed by atoms with van der Waals surface area (Å²) >= 11 is 6.28. The van der Waals surface area contributed by atoms with Gasteiger partial charge in [-0.05, 0) is 19.2 Å². The van der Waals surface area contributed by atoms with Crippen LogP contribution in [0.25, 0.3) is 10.9 Å². The Bertz CT molecular complexity index is 552. The third-order valence-corrected chi connectivity index (χ3v) is 3.79. The molecule has 0 radical (unpaired) electrons. The lowest BCUT2D eigenvalue weighted by Crippen LogP contribution is -2.41. The molecule has 0 spiro atoms. The number of nitrogens with zero attached hydrogens (tertiary/aromatic N) is 2. The normalized spacial score (nSPS) is 21.6. The number of morpholine rings is 1. The van der Waals surface area contributed by atoms with Gasteiger partial charge >= 0.3 is 0 Å². The Morgan fingerprint density at radius 2 is 2.28 bits per heavy atom. The highest BCUT2D eigenvalue weighted by molar-refractivity contribution is 6.35. The Hall–Kier alpha value is -1.03. The minimum Gasteiger partial charge on any atom is -0.374 e. The predicted molar refractivity (Wildman–Crippen MR) is 74.2 cm³/mol.